The standard InChI is InChI=1S/C20H32N4O3/c1-15(22-19(26)27-20(2,3)4)18(25)23-17-8-6-16(7-9-17)14-24(5)12-10-21-11-13-24/h6-9,15,21H,10-14H2,1-5H3,(H-,22,23,25,26)/p+1/t15-/m0/s1. The summed E-state index contributed by atoms with van der Waals surface area (Å²) in [4.78, 5) is 24.0. The molecule has 1 aromatic carbocycles. The van der Waals surface area contributed by atoms with E-state index < -0.39 is 17.7 Å². The van der Waals surface area contributed by atoms with Crippen LogP contribution in [0.1, 0.15) is 33.3 Å². The van der Waals surface area contributed by atoms with Crippen molar-refractivity contribution in [3.05, 3.63) is 29.8 Å². The number of quaternary nitrogens is 1. The van der Waals surface area contributed by atoms with Crippen LogP contribution in [0.2, 0.25) is 0 Å². The Morgan fingerprint density at radius 1 is 1.19 bits per heavy atom. The van der Waals surface area contributed by atoms with Gasteiger partial charge in [0.2, 0.25) is 5.91 Å². The molecule has 2 rings (SSSR count). The number of amides is 2. The normalized spacial score (nSPS) is 17.7. The first-order valence-electron chi connectivity index (χ1n) is 9.50. The summed E-state index contributed by atoms with van der Waals surface area (Å²) in [6, 6.07) is 7.22. The van der Waals surface area contributed by atoms with Crippen molar-refractivity contribution in [1.82, 2.24) is 10.6 Å². The molecule has 150 valence electrons. The molecule has 27 heavy (non-hydrogen) atoms. The third-order valence-corrected chi connectivity index (χ3v) is 4.57. The molecule has 1 fully saturated rings. The fourth-order valence-corrected chi connectivity index (χ4v) is 3.03. The van der Waals surface area contributed by atoms with Crippen molar-refractivity contribution in [2.45, 2.75) is 45.9 Å². The number of carbonyl (C=O) groups is 2. The molecule has 0 aromatic heterocycles. The van der Waals surface area contributed by atoms with E-state index in [9.17, 15) is 9.59 Å². The van der Waals surface area contributed by atoms with Gasteiger partial charge in [0, 0.05) is 24.3 Å². The Labute approximate surface area is 162 Å². The number of rotatable bonds is 5. The molecule has 1 atom stereocenters. The predicted octanol–water partition coefficient (Wildman–Crippen LogP) is 2.09. The minimum Gasteiger partial charge on any atom is -0.444 e. The van der Waals surface area contributed by atoms with Gasteiger partial charge in [0.1, 0.15) is 18.2 Å². The molecule has 0 aliphatic carbocycles. The van der Waals surface area contributed by atoms with Crippen molar-refractivity contribution in [1.29, 1.82) is 0 Å². The molecular formula is C20H33N4O3+. The van der Waals surface area contributed by atoms with Gasteiger partial charge in [-0.1, -0.05) is 12.1 Å². The zero-order valence-electron chi connectivity index (χ0n) is 17.1. The Hall–Kier alpha value is -2.12. The lowest BCUT2D eigenvalue weighted by Gasteiger charge is -2.38. The van der Waals surface area contributed by atoms with Crippen molar-refractivity contribution in [3.63, 3.8) is 0 Å². The lowest BCUT2D eigenvalue weighted by molar-refractivity contribution is -0.924. The fourth-order valence-electron chi connectivity index (χ4n) is 3.03. The second-order valence-electron chi connectivity index (χ2n) is 8.53. The number of benzene rings is 1. The summed E-state index contributed by atoms with van der Waals surface area (Å²) in [6.07, 6.45) is -0.603. The van der Waals surface area contributed by atoms with Crippen LogP contribution in [0.5, 0.6) is 0 Å². The van der Waals surface area contributed by atoms with Gasteiger partial charge < -0.3 is 25.2 Å². The van der Waals surface area contributed by atoms with Crippen LogP contribution >= 0.6 is 0 Å². The Bertz CT molecular complexity index is 646. The van der Waals surface area contributed by atoms with Crippen molar-refractivity contribution in [2.24, 2.45) is 0 Å². The summed E-state index contributed by atoms with van der Waals surface area (Å²) < 4.78 is 6.19. The molecular weight excluding hydrogens is 344 g/mol. The molecule has 0 unspecified atom stereocenters. The highest BCUT2D eigenvalue weighted by Crippen LogP contribution is 2.16. The number of ether oxygens (including phenoxy) is 1. The first-order chi connectivity index (χ1) is 12.6. The minimum absolute atomic E-state index is 0.283. The first kappa shape index (κ1) is 21.2. The van der Waals surface area contributed by atoms with Crippen molar-refractivity contribution in [3.8, 4) is 0 Å². The molecule has 7 nitrogen and oxygen atoms in total. The Kier molecular flexibility index (Phi) is 6.84. The van der Waals surface area contributed by atoms with Gasteiger partial charge in [0.05, 0.1) is 20.1 Å². The maximum atomic E-state index is 12.3. The Balaban J connectivity index is 1.86. The molecule has 0 bridgehead atoms. The molecule has 1 aromatic rings. The van der Waals surface area contributed by atoms with E-state index in [0.29, 0.717) is 5.69 Å². The first-order valence-corrected chi connectivity index (χ1v) is 9.50. The van der Waals surface area contributed by atoms with Gasteiger partial charge >= 0.3 is 6.09 Å². The third-order valence-electron chi connectivity index (χ3n) is 4.57. The molecule has 1 heterocycles. The van der Waals surface area contributed by atoms with Gasteiger partial charge in [0.15, 0.2) is 0 Å². The number of piperazine rings is 1. The summed E-state index contributed by atoms with van der Waals surface area (Å²) in [6.45, 7) is 12.3. The van der Waals surface area contributed by atoms with E-state index in [-0.39, 0.29) is 5.91 Å². The van der Waals surface area contributed by atoms with E-state index in [1.807, 2.05) is 24.3 Å². The van der Waals surface area contributed by atoms with Crippen LogP contribution < -0.4 is 16.0 Å². The van der Waals surface area contributed by atoms with Gasteiger partial charge in [-0.25, -0.2) is 4.79 Å². The van der Waals surface area contributed by atoms with Gasteiger partial charge in [-0.15, -0.1) is 0 Å². The number of likely N-dealkylation sites (N-methyl/N-ethyl adjacent to an activating group) is 1. The highest BCUT2D eigenvalue weighted by molar-refractivity contribution is 5.96. The van der Waals surface area contributed by atoms with Crippen LogP contribution in [0.4, 0.5) is 10.5 Å². The van der Waals surface area contributed by atoms with Crippen LogP contribution in [-0.4, -0.2) is 61.4 Å². The van der Waals surface area contributed by atoms with Gasteiger partial charge in [0.25, 0.3) is 0 Å². The highest BCUT2D eigenvalue weighted by atomic mass is 16.6. The van der Waals surface area contributed by atoms with E-state index in [2.05, 4.69) is 23.0 Å². The second kappa shape index (κ2) is 8.71. The summed E-state index contributed by atoms with van der Waals surface area (Å²) >= 11 is 0. The topological polar surface area (TPSA) is 79.5 Å². The zero-order chi connectivity index (χ0) is 20.1. The minimum atomic E-state index is -0.690. The van der Waals surface area contributed by atoms with Gasteiger partial charge in [-0.05, 0) is 39.8 Å². The molecule has 2 amide bonds. The van der Waals surface area contributed by atoms with E-state index in [4.69, 9.17) is 4.74 Å². The molecule has 7 heteroatoms. The molecule has 1 saturated heterocycles. The Morgan fingerprint density at radius 3 is 2.33 bits per heavy atom. The predicted molar refractivity (Wildman–Crippen MR) is 106 cm³/mol. The average molecular weight is 378 g/mol. The summed E-state index contributed by atoms with van der Waals surface area (Å²) in [5.41, 5.74) is 1.36. The lowest BCUT2D eigenvalue weighted by Crippen LogP contribution is -2.55. The number of hydrogen-bond acceptors (Lipinski definition) is 4. The number of nitrogens with zero attached hydrogens (tertiary/aromatic N) is 1. The summed E-state index contributed by atoms with van der Waals surface area (Å²) in [5.74, 6) is -0.283. The van der Waals surface area contributed by atoms with Crippen LogP contribution in [-0.2, 0) is 16.1 Å². The molecule has 3 N–H and O–H groups in total. The van der Waals surface area contributed by atoms with E-state index in [0.717, 1.165) is 37.2 Å². The van der Waals surface area contributed by atoms with E-state index in [1.165, 1.54) is 5.56 Å². The third kappa shape index (κ3) is 7.19. The van der Waals surface area contributed by atoms with E-state index >= 15 is 0 Å². The monoisotopic (exact) mass is 377 g/mol. The smallest absolute Gasteiger partial charge is 0.408 e. The molecule has 1 aliphatic heterocycles. The molecule has 1 aliphatic rings. The van der Waals surface area contributed by atoms with Crippen molar-refractivity contribution >= 4 is 17.7 Å². The van der Waals surface area contributed by atoms with Crippen molar-refractivity contribution < 1.29 is 18.8 Å². The lowest BCUT2D eigenvalue weighted by atomic mass is 10.1. The Morgan fingerprint density at radius 2 is 1.78 bits per heavy atom. The zero-order valence-corrected chi connectivity index (χ0v) is 17.1. The van der Waals surface area contributed by atoms with Crippen LogP contribution in [0.3, 0.4) is 0 Å². The quantitative estimate of drug-likeness (QED) is 0.687. The maximum absolute atomic E-state index is 12.3. The molecule has 0 spiro atoms. The van der Waals surface area contributed by atoms with Crippen LogP contribution in [0.25, 0.3) is 0 Å². The molecule has 0 radical (unpaired) electrons. The number of carbonyl (C=O) groups excluding carboxylic acids is 2. The number of alkyl carbamates (subject to hydrolysis) is 1. The van der Waals surface area contributed by atoms with Crippen LogP contribution in [0, 0.1) is 0 Å². The van der Waals surface area contributed by atoms with Gasteiger partial charge in [-0.2, -0.15) is 0 Å². The summed E-state index contributed by atoms with van der Waals surface area (Å²) in [5, 5.41) is 8.76. The molecule has 0 saturated carbocycles. The average Bonchev–Trinajstić information content (AvgIpc) is 2.55. The fraction of sp³-hybridized carbons (Fsp3) is 0.600. The van der Waals surface area contributed by atoms with E-state index in [1.54, 1.807) is 27.7 Å². The summed E-state index contributed by atoms with van der Waals surface area (Å²) in [7, 11) is 2.28. The number of nitrogens with one attached hydrogen (secondary N) is 3. The number of anilines is 1. The number of hydrogen-bond donors (Lipinski definition) is 3. The second-order valence-corrected chi connectivity index (χ2v) is 8.53. The van der Waals surface area contributed by atoms with Crippen molar-refractivity contribution in [2.75, 3.05) is 38.5 Å². The van der Waals surface area contributed by atoms with Crippen LogP contribution in [0.15, 0.2) is 24.3 Å². The highest BCUT2D eigenvalue weighted by Gasteiger charge is 2.25. The SMILES string of the molecule is C[C@H](NC(=O)OC(C)(C)C)C(=O)Nc1ccc(C[N+]2(C)CCNCC2)cc1. The largest absolute Gasteiger partial charge is 0.444 e. The van der Waals surface area contributed by atoms with Gasteiger partial charge in [-0.3, -0.25) is 4.79 Å². The maximum Gasteiger partial charge on any atom is 0.408 e.